The third-order valence-electron chi connectivity index (χ3n) is 7.48. The highest BCUT2D eigenvalue weighted by Crippen LogP contribution is 2.36. The maximum absolute atomic E-state index is 13.5. The molecule has 1 atom stereocenters. The van der Waals surface area contributed by atoms with Crippen LogP contribution < -0.4 is 5.32 Å². The lowest BCUT2D eigenvalue weighted by atomic mass is 9.79. The topological polar surface area (TPSA) is 75.0 Å². The number of piperidine rings is 1. The second kappa shape index (κ2) is 9.74. The third-order valence-corrected chi connectivity index (χ3v) is 7.48. The molecule has 0 aromatic carbocycles. The van der Waals surface area contributed by atoms with Gasteiger partial charge in [-0.2, -0.15) is 0 Å². The Hall–Kier alpha value is -1.86. The van der Waals surface area contributed by atoms with Gasteiger partial charge in [-0.25, -0.2) is 0 Å². The molecule has 1 aliphatic carbocycles. The van der Waals surface area contributed by atoms with Gasteiger partial charge in [0.25, 0.3) is 0 Å². The number of carbonyl (C=O) groups excluding carboxylic acids is 2. The molecular formula is C24H37N3O4. The highest BCUT2D eigenvalue weighted by atomic mass is 16.5. The molecule has 2 saturated heterocycles. The summed E-state index contributed by atoms with van der Waals surface area (Å²) in [5.74, 6) is 2.51. The Morgan fingerprint density at radius 3 is 2.55 bits per heavy atom. The van der Waals surface area contributed by atoms with Gasteiger partial charge in [-0.05, 0) is 44.2 Å². The molecule has 0 radical (unpaired) electrons. The molecule has 31 heavy (non-hydrogen) atoms. The minimum Gasteiger partial charge on any atom is -0.465 e. The number of likely N-dealkylation sites (tertiary alicyclic amines) is 1. The van der Waals surface area contributed by atoms with E-state index in [1.54, 1.807) is 7.11 Å². The van der Waals surface area contributed by atoms with Crippen molar-refractivity contribution in [1.82, 2.24) is 15.1 Å². The summed E-state index contributed by atoms with van der Waals surface area (Å²) in [5.41, 5.74) is -0.756. The number of amides is 2. The lowest BCUT2D eigenvalue weighted by Gasteiger charge is -2.52. The number of hydrogen-bond donors (Lipinski definition) is 1. The molecule has 1 unspecified atom stereocenters. The van der Waals surface area contributed by atoms with Crippen LogP contribution in [0.25, 0.3) is 0 Å². The van der Waals surface area contributed by atoms with Crippen LogP contribution in [0.3, 0.4) is 0 Å². The zero-order valence-electron chi connectivity index (χ0n) is 19.0. The summed E-state index contributed by atoms with van der Waals surface area (Å²) in [6, 6.07) is 3.60. The third kappa shape index (κ3) is 4.82. The molecular weight excluding hydrogens is 394 g/mol. The van der Waals surface area contributed by atoms with E-state index in [1.807, 2.05) is 24.0 Å². The highest BCUT2D eigenvalue weighted by Gasteiger charge is 2.53. The minimum absolute atomic E-state index is 0.0255. The highest BCUT2D eigenvalue weighted by molar-refractivity contribution is 6.00. The molecule has 1 N–H and O–H groups in total. The number of carbonyl (C=O) groups is 2. The molecule has 7 nitrogen and oxygen atoms in total. The van der Waals surface area contributed by atoms with Gasteiger partial charge in [-0.3, -0.25) is 14.5 Å². The summed E-state index contributed by atoms with van der Waals surface area (Å²) in [4.78, 5) is 31.1. The molecule has 172 valence electrons. The van der Waals surface area contributed by atoms with E-state index >= 15 is 0 Å². The SMILES string of the molecule is COCCN1C(=O)C(CC2CCCCC2)NC(=O)C12CCN(Cc1ccc(C)o1)CC2. The van der Waals surface area contributed by atoms with E-state index in [0.717, 1.165) is 37.6 Å². The Morgan fingerprint density at radius 2 is 1.90 bits per heavy atom. The Kier molecular flexibility index (Phi) is 7.02. The summed E-state index contributed by atoms with van der Waals surface area (Å²) in [5, 5.41) is 3.14. The standard InChI is InChI=1S/C24H37N3O4/c1-18-8-9-20(31-18)17-26-12-10-24(11-13-26)23(29)25-21(16-19-6-4-3-5-7-19)22(28)27(24)14-15-30-2/h8-9,19,21H,3-7,10-17H2,1-2H3,(H,25,29). The first-order chi connectivity index (χ1) is 15.0. The fourth-order valence-corrected chi connectivity index (χ4v) is 5.67. The lowest BCUT2D eigenvalue weighted by Crippen LogP contribution is -2.73. The molecule has 3 aliphatic rings. The van der Waals surface area contributed by atoms with Crippen LogP contribution in [0.5, 0.6) is 0 Å². The average Bonchev–Trinajstić information content (AvgIpc) is 3.19. The number of aryl methyl sites for hydroxylation is 1. The van der Waals surface area contributed by atoms with Crippen molar-refractivity contribution in [1.29, 1.82) is 0 Å². The molecule has 7 heteroatoms. The van der Waals surface area contributed by atoms with Gasteiger partial charge in [-0.1, -0.05) is 32.1 Å². The van der Waals surface area contributed by atoms with Crippen molar-refractivity contribution in [2.75, 3.05) is 33.4 Å². The number of rotatable bonds is 7. The van der Waals surface area contributed by atoms with Crippen molar-refractivity contribution in [2.45, 2.75) is 76.4 Å². The number of nitrogens with one attached hydrogen (secondary N) is 1. The van der Waals surface area contributed by atoms with Crippen molar-refractivity contribution in [2.24, 2.45) is 5.92 Å². The number of piperazine rings is 1. The Labute approximate surface area is 185 Å². The second-order valence-corrected chi connectivity index (χ2v) is 9.57. The molecule has 1 spiro atoms. The summed E-state index contributed by atoms with van der Waals surface area (Å²) in [6.07, 6.45) is 8.17. The van der Waals surface area contributed by atoms with Crippen LogP contribution >= 0.6 is 0 Å². The molecule has 2 amide bonds. The molecule has 1 aromatic heterocycles. The van der Waals surface area contributed by atoms with Crippen LogP contribution in [-0.4, -0.2) is 66.5 Å². The number of furan rings is 1. The maximum Gasteiger partial charge on any atom is 0.246 e. The summed E-state index contributed by atoms with van der Waals surface area (Å²) in [6.45, 7) is 5.13. The fraction of sp³-hybridized carbons (Fsp3) is 0.750. The van der Waals surface area contributed by atoms with Crippen LogP contribution in [0, 0.1) is 12.8 Å². The van der Waals surface area contributed by atoms with E-state index in [0.29, 0.717) is 31.9 Å². The predicted octanol–water partition coefficient (Wildman–Crippen LogP) is 2.87. The smallest absolute Gasteiger partial charge is 0.246 e. The second-order valence-electron chi connectivity index (χ2n) is 9.57. The first-order valence-electron chi connectivity index (χ1n) is 11.9. The van der Waals surface area contributed by atoms with Crippen molar-refractivity contribution in [3.8, 4) is 0 Å². The van der Waals surface area contributed by atoms with E-state index in [9.17, 15) is 9.59 Å². The van der Waals surface area contributed by atoms with E-state index in [2.05, 4.69) is 10.2 Å². The molecule has 0 bridgehead atoms. The van der Waals surface area contributed by atoms with Crippen LogP contribution in [0.1, 0.15) is 62.9 Å². The molecule has 1 aromatic rings. The van der Waals surface area contributed by atoms with Gasteiger partial charge in [0.15, 0.2) is 0 Å². The van der Waals surface area contributed by atoms with E-state index in [4.69, 9.17) is 9.15 Å². The van der Waals surface area contributed by atoms with Gasteiger partial charge in [-0.15, -0.1) is 0 Å². The largest absolute Gasteiger partial charge is 0.465 e. The number of methoxy groups -OCH3 is 1. The summed E-state index contributed by atoms with van der Waals surface area (Å²) >= 11 is 0. The van der Waals surface area contributed by atoms with Gasteiger partial charge in [0.1, 0.15) is 23.1 Å². The molecule has 2 aliphatic heterocycles. The van der Waals surface area contributed by atoms with Gasteiger partial charge in [0.05, 0.1) is 13.2 Å². The van der Waals surface area contributed by atoms with Gasteiger partial charge < -0.3 is 19.4 Å². The van der Waals surface area contributed by atoms with Crippen LogP contribution in [0.4, 0.5) is 0 Å². The van der Waals surface area contributed by atoms with Crippen molar-refractivity contribution in [3.63, 3.8) is 0 Å². The molecule has 3 fully saturated rings. The Bertz CT molecular complexity index is 763. The molecule has 1 saturated carbocycles. The number of ether oxygens (including phenoxy) is 1. The number of nitrogens with zero attached hydrogens (tertiary/aromatic N) is 2. The quantitative estimate of drug-likeness (QED) is 0.719. The first-order valence-corrected chi connectivity index (χ1v) is 11.9. The normalized spacial score (nSPS) is 25.2. The lowest BCUT2D eigenvalue weighted by molar-refractivity contribution is -0.162. The van der Waals surface area contributed by atoms with E-state index < -0.39 is 5.54 Å². The minimum atomic E-state index is -0.756. The van der Waals surface area contributed by atoms with E-state index in [-0.39, 0.29) is 17.9 Å². The van der Waals surface area contributed by atoms with Crippen LogP contribution in [-0.2, 0) is 20.9 Å². The zero-order valence-corrected chi connectivity index (χ0v) is 19.0. The monoisotopic (exact) mass is 431 g/mol. The average molecular weight is 432 g/mol. The molecule has 4 rings (SSSR count). The first kappa shape index (κ1) is 22.3. The zero-order chi connectivity index (χ0) is 21.8. The van der Waals surface area contributed by atoms with Crippen LogP contribution in [0.15, 0.2) is 16.5 Å². The van der Waals surface area contributed by atoms with Crippen molar-refractivity contribution in [3.05, 3.63) is 23.7 Å². The predicted molar refractivity (Wildman–Crippen MR) is 117 cm³/mol. The maximum atomic E-state index is 13.5. The van der Waals surface area contributed by atoms with Gasteiger partial charge in [0.2, 0.25) is 11.8 Å². The van der Waals surface area contributed by atoms with Gasteiger partial charge in [0, 0.05) is 26.7 Å². The van der Waals surface area contributed by atoms with Crippen molar-refractivity contribution < 1.29 is 18.7 Å². The Morgan fingerprint density at radius 1 is 1.16 bits per heavy atom. The van der Waals surface area contributed by atoms with Gasteiger partial charge >= 0.3 is 0 Å². The Balaban J connectivity index is 1.44. The number of hydrogen-bond acceptors (Lipinski definition) is 5. The van der Waals surface area contributed by atoms with Crippen molar-refractivity contribution >= 4 is 11.8 Å². The van der Waals surface area contributed by atoms with Crippen LogP contribution in [0.2, 0.25) is 0 Å². The summed E-state index contributed by atoms with van der Waals surface area (Å²) in [7, 11) is 1.65. The summed E-state index contributed by atoms with van der Waals surface area (Å²) < 4.78 is 11.0. The molecule has 3 heterocycles. The fourth-order valence-electron chi connectivity index (χ4n) is 5.67. The van der Waals surface area contributed by atoms with E-state index in [1.165, 1.54) is 32.1 Å².